The minimum atomic E-state index is -0.783. The van der Waals surface area contributed by atoms with Crippen LogP contribution in [0.4, 0.5) is 0 Å². The van der Waals surface area contributed by atoms with E-state index in [4.69, 9.17) is 0 Å². The largest absolute Gasteiger partial charge is 0.507 e. The van der Waals surface area contributed by atoms with E-state index >= 15 is 0 Å². The molecule has 1 aliphatic heterocycles. The lowest BCUT2D eigenvalue weighted by atomic mass is 9.95. The summed E-state index contributed by atoms with van der Waals surface area (Å²) in [5.41, 5.74) is 0.443. The maximum absolute atomic E-state index is 11.9. The van der Waals surface area contributed by atoms with E-state index in [0.717, 1.165) is 5.56 Å². The fourth-order valence-corrected chi connectivity index (χ4v) is 1.91. The summed E-state index contributed by atoms with van der Waals surface area (Å²) < 4.78 is 0. The number of aryl methyl sites for hydroxylation is 1. The molecule has 2 N–H and O–H groups in total. The fourth-order valence-electron chi connectivity index (χ4n) is 1.91. The summed E-state index contributed by atoms with van der Waals surface area (Å²) in [5.74, 6) is -0.241. The van der Waals surface area contributed by atoms with Gasteiger partial charge in [0.15, 0.2) is 0 Å². The summed E-state index contributed by atoms with van der Waals surface area (Å²) in [5, 5.41) is 19.1. The predicted octanol–water partition coefficient (Wildman–Crippen LogP) is 0.907. The third-order valence-corrected chi connectivity index (χ3v) is 2.73. The second-order valence-electron chi connectivity index (χ2n) is 4.68. The summed E-state index contributed by atoms with van der Waals surface area (Å²) >= 11 is 0. The number of aromatic hydroxyl groups is 1. The minimum absolute atomic E-state index is 0.0119. The van der Waals surface area contributed by atoms with Gasteiger partial charge in [0.05, 0.1) is 24.3 Å². The molecule has 0 radical (unpaired) electrons. The average molecular weight is 221 g/mol. The zero-order valence-electron chi connectivity index (χ0n) is 9.40. The van der Waals surface area contributed by atoms with Gasteiger partial charge in [0.2, 0.25) is 0 Å². The van der Waals surface area contributed by atoms with Crippen molar-refractivity contribution in [3.05, 3.63) is 29.3 Å². The molecule has 1 aromatic carbocycles. The van der Waals surface area contributed by atoms with Crippen LogP contribution in [0.25, 0.3) is 0 Å². The third-order valence-electron chi connectivity index (χ3n) is 2.73. The number of β-amino-alcohol motifs (C(OH)–C–C–N with tert-alkyl or cyclic N) is 1. The summed E-state index contributed by atoms with van der Waals surface area (Å²) in [6.07, 6.45) is 0. The van der Waals surface area contributed by atoms with Crippen molar-refractivity contribution in [1.82, 2.24) is 4.90 Å². The van der Waals surface area contributed by atoms with Crippen LogP contribution >= 0.6 is 0 Å². The quantitative estimate of drug-likeness (QED) is 0.741. The van der Waals surface area contributed by atoms with Gasteiger partial charge in [-0.1, -0.05) is 11.6 Å². The van der Waals surface area contributed by atoms with Crippen molar-refractivity contribution in [3.8, 4) is 5.75 Å². The summed E-state index contributed by atoms with van der Waals surface area (Å²) in [4.78, 5) is 13.5. The standard InChI is InChI=1S/C12H15NO3/c1-8-3-4-10(14)9(5-8)11(15)13-6-12(2,16)7-13/h3-5,14,16H,6-7H2,1-2H3. The summed E-state index contributed by atoms with van der Waals surface area (Å²) in [6, 6.07) is 4.92. The van der Waals surface area contributed by atoms with Gasteiger partial charge in [0, 0.05) is 0 Å². The number of phenolic OH excluding ortho intramolecular Hbond substituents is 1. The summed E-state index contributed by atoms with van der Waals surface area (Å²) in [7, 11) is 0. The molecule has 1 amide bonds. The van der Waals surface area contributed by atoms with Crippen LogP contribution in [0.2, 0.25) is 0 Å². The summed E-state index contributed by atoms with van der Waals surface area (Å²) in [6.45, 7) is 4.19. The second-order valence-corrected chi connectivity index (χ2v) is 4.68. The highest BCUT2D eigenvalue weighted by Crippen LogP contribution is 2.26. The van der Waals surface area contributed by atoms with Crippen LogP contribution in [-0.2, 0) is 0 Å². The lowest BCUT2D eigenvalue weighted by Crippen LogP contribution is -2.61. The first kappa shape index (κ1) is 11.0. The molecule has 16 heavy (non-hydrogen) atoms. The van der Waals surface area contributed by atoms with E-state index in [1.807, 2.05) is 6.92 Å². The average Bonchev–Trinajstić information content (AvgIpc) is 2.17. The Morgan fingerprint density at radius 2 is 2.06 bits per heavy atom. The first-order chi connectivity index (χ1) is 7.39. The zero-order chi connectivity index (χ0) is 11.9. The molecule has 2 rings (SSSR count). The molecular formula is C12H15NO3. The highest BCUT2D eigenvalue weighted by molar-refractivity contribution is 5.97. The number of carbonyl (C=O) groups excluding carboxylic acids is 1. The van der Waals surface area contributed by atoms with Gasteiger partial charge < -0.3 is 15.1 Å². The Morgan fingerprint density at radius 3 is 2.62 bits per heavy atom. The van der Waals surface area contributed by atoms with Crippen LogP contribution < -0.4 is 0 Å². The smallest absolute Gasteiger partial charge is 0.257 e. The molecule has 1 saturated heterocycles. The number of amides is 1. The van der Waals surface area contributed by atoms with E-state index in [1.165, 1.54) is 11.0 Å². The third kappa shape index (κ3) is 1.88. The van der Waals surface area contributed by atoms with Crippen molar-refractivity contribution >= 4 is 5.91 Å². The Labute approximate surface area is 94.1 Å². The predicted molar refractivity (Wildman–Crippen MR) is 59.4 cm³/mol. The van der Waals surface area contributed by atoms with E-state index in [2.05, 4.69) is 0 Å². The number of carbonyl (C=O) groups is 1. The molecule has 0 saturated carbocycles. The van der Waals surface area contributed by atoms with E-state index in [9.17, 15) is 15.0 Å². The van der Waals surface area contributed by atoms with E-state index < -0.39 is 5.60 Å². The minimum Gasteiger partial charge on any atom is -0.507 e. The van der Waals surface area contributed by atoms with Gasteiger partial charge in [0.25, 0.3) is 5.91 Å². The lowest BCUT2D eigenvalue weighted by Gasteiger charge is -2.44. The molecule has 0 bridgehead atoms. The monoisotopic (exact) mass is 221 g/mol. The van der Waals surface area contributed by atoms with Crippen LogP contribution in [0.1, 0.15) is 22.8 Å². The van der Waals surface area contributed by atoms with Gasteiger partial charge in [0.1, 0.15) is 5.75 Å². The molecule has 0 aliphatic carbocycles. The molecule has 1 fully saturated rings. The maximum atomic E-state index is 11.9. The van der Waals surface area contributed by atoms with Gasteiger partial charge in [-0.3, -0.25) is 4.79 Å². The topological polar surface area (TPSA) is 60.8 Å². The number of nitrogens with zero attached hydrogens (tertiary/aromatic N) is 1. The Balaban J connectivity index is 2.19. The number of hydrogen-bond acceptors (Lipinski definition) is 3. The highest BCUT2D eigenvalue weighted by Gasteiger charge is 2.40. The van der Waals surface area contributed by atoms with Crippen molar-refractivity contribution in [2.24, 2.45) is 0 Å². The first-order valence-corrected chi connectivity index (χ1v) is 5.20. The highest BCUT2D eigenvalue weighted by atomic mass is 16.3. The van der Waals surface area contributed by atoms with Crippen molar-refractivity contribution in [2.45, 2.75) is 19.4 Å². The van der Waals surface area contributed by atoms with Gasteiger partial charge in [-0.25, -0.2) is 0 Å². The van der Waals surface area contributed by atoms with Crippen molar-refractivity contribution < 1.29 is 15.0 Å². The molecule has 0 spiro atoms. The van der Waals surface area contributed by atoms with Crippen LogP contribution in [0.15, 0.2) is 18.2 Å². The molecule has 0 atom stereocenters. The number of hydrogen-bond donors (Lipinski definition) is 2. The molecule has 86 valence electrons. The van der Waals surface area contributed by atoms with Crippen LogP contribution in [0, 0.1) is 6.92 Å². The first-order valence-electron chi connectivity index (χ1n) is 5.20. The van der Waals surface area contributed by atoms with E-state index in [1.54, 1.807) is 19.1 Å². The van der Waals surface area contributed by atoms with Crippen LogP contribution in [0.5, 0.6) is 5.75 Å². The van der Waals surface area contributed by atoms with Crippen molar-refractivity contribution in [2.75, 3.05) is 13.1 Å². The zero-order valence-corrected chi connectivity index (χ0v) is 9.40. The molecule has 4 nitrogen and oxygen atoms in total. The Kier molecular flexibility index (Phi) is 2.39. The lowest BCUT2D eigenvalue weighted by molar-refractivity contribution is -0.0669. The van der Waals surface area contributed by atoms with E-state index in [-0.39, 0.29) is 11.7 Å². The number of likely N-dealkylation sites (tertiary alicyclic amines) is 1. The number of phenols is 1. The molecule has 1 aliphatic rings. The van der Waals surface area contributed by atoms with Crippen LogP contribution in [0.3, 0.4) is 0 Å². The Morgan fingerprint density at radius 1 is 1.44 bits per heavy atom. The van der Waals surface area contributed by atoms with Crippen molar-refractivity contribution in [1.29, 1.82) is 0 Å². The van der Waals surface area contributed by atoms with E-state index in [0.29, 0.717) is 18.7 Å². The Bertz CT molecular complexity index is 432. The molecule has 1 aromatic rings. The Hall–Kier alpha value is -1.55. The number of aliphatic hydroxyl groups is 1. The number of rotatable bonds is 1. The van der Waals surface area contributed by atoms with Crippen molar-refractivity contribution in [3.63, 3.8) is 0 Å². The SMILES string of the molecule is Cc1ccc(O)c(C(=O)N2CC(C)(O)C2)c1. The molecule has 1 heterocycles. The van der Waals surface area contributed by atoms with Gasteiger partial charge in [-0.2, -0.15) is 0 Å². The molecular weight excluding hydrogens is 206 g/mol. The number of benzene rings is 1. The normalized spacial score (nSPS) is 18.1. The molecule has 4 heteroatoms. The molecule has 0 aromatic heterocycles. The molecule has 0 unspecified atom stereocenters. The fraction of sp³-hybridized carbons (Fsp3) is 0.417. The van der Waals surface area contributed by atoms with Crippen LogP contribution in [-0.4, -0.2) is 39.7 Å². The van der Waals surface area contributed by atoms with Gasteiger partial charge >= 0.3 is 0 Å². The second kappa shape index (κ2) is 3.49. The van der Waals surface area contributed by atoms with Gasteiger partial charge in [-0.15, -0.1) is 0 Å². The maximum Gasteiger partial charge on any atom is 0.257 e. The van der Waals surface area contributed by atoms with Gasteiger partial charge in [-0.05, 0) is 26.0 Å².